The Hall–Kier alpha value is -3.27. The smallest absolute Gasteiger partial charge is 0.282 e. The molecule has 1 aliphatic rings. The lowest BCUT2D eigenvalue weighted by molar-refractivity contribution is -0.120. The molecule has 3 N–H and O–H groups in total. The Morgan fingerprint density at radius 1 is 1.03 bits per heavy atom. The summed E-state index contributed by atoms with van der Waals surface area (Å²) in [7, 11) is 6.87. The molecule has 2 aromatic carbocycles. The molecule has 0 bridgehead atoms. The van der Waals surface area contributed by atoms with Gasteiger partial charge in [-0.1, -0.05) is 44.2 Å². The molecule has 1 aromatic heterocycles. The Bertz CT molecular complexity index is 1120. The molecule has 2 amide bonds. The first-order chi connectivity index (χ1) is 17.9. The van der Waals surface area contributed by atoms with Crippen LogP contribution in [0.2, 0.25) is 0 Å². The summed E-state index contributed by atoms with van der Waals surface area (Å²) < 4.78 is 5.28. The van der Waals surface area contributed by atoms with Gasteiger partial charge in [0.2, 0.25) is 5.91 Å². The van der Waals surface area contributed by atoms with Crippen molar-refractivity contribution >= 4 is 23.2 Å². The van der Waals surface area contributed by atoms with Gasteiger partial charge < -0.3 is 25.6 Å². The van der Waals surface area contributed by atoms with Gasteiger partial charge in [0.05, 0.1) is 17.7 Å². The molecule has 1 saturated heterocycles. The van der Waals surface area contributed by atoms with Crippen molar-refractivity contribution in [3.63, 3.8) is 0 Å². The number of carbonyl (C=O) groups is 2. The van der Waals surface area contributed by atoms with Crippen LogP contribution in [-0.4, -0.2) is 81.0 Å². The van der Waals surface area contributed by atoms with E-state index < -0.39 is 0 Å². The fourth-order valence-corrected chi connectivity index (χ4v) is 4.64. The third-order valence-corrected chi connectivity index (χ3v) is 6.97. The molecule has 8 nitrogen and oxygen atoms in total. The molecule has 0 spiro atoms. The van der Waals surface area contributed by atoms with Gasteiger partial charge in [0.1, 0.15) is 5.75 Å². The highest BCUT2D eigenvalue weighted by atomic mass is 32.1. The van der Waals surface area contributed by atoms with E-state index in [1.165, 1.54) is 23.9 Å². The van der Waals surface area contributed by atoms with Gasteiger partial charge in [-0.3, -0.25) is 9.59 Å². The zero-order chi connectivity index (χ0) is 27.4. The monoisotopic (exact) mass is 544 g/mol. The number of aryl methyl sites for hydroxylation is 1. The van der Waals surface area contributed by atoms with Crippen molar-refractivity contribution < 1.29 is 15.8 Å². The van der Waals surface area contributed by atoms with Gasteiger partial charge in [-0.15, -0.1) is 11.3 Å². The van der Waals surface area contributed by atoms with Crippen LogP contribution >= 0.6 is 11.3 Å². The van der Waals surface area contributed by atoms with Crippen molar-refractivity contribution in [3.05, 3.63) is 59.1 Å². The van der Waals surface area contributed by atoms with E-state index in [9.17, 15) is 9.59 Å². The normalized spacial score (nSPS) is 12.7. The summed E-state index contributed by atoms with van der Waals surface area (Å²) >= 11 is 1.48. The molecule has 0 radical (unpaired) electrons. The number of thiazole rings is 1. The number of hydrogen-bond acceptors (Lipinski definition) is 7. The molecule has 38 heavy (non-hydrogen) atoms. The van der Waals surface area contributed by atoms with Crippen LogP contribution in [0.4, 0.5) is 0 Å². The number of amides is 2. The maximum atomic E-state index is 13.1. The van der Waals surface area contributed by atoms with Crippen molar-refractivity contribution in [2.75, 3.05) is 54.4 Å². The van der Waals surface area contributed by atoms with Gasteiger partial charge in [0.25, 0.3) is 5.91 Å². The van der Waals surface area contributed by atoms with Gasteiger partial charge in [-0.2, -0.15) is 0 Å². The Balaban J connectivity index is 0.00000128. The number of piperazine rings is 1. The number of hydrogen-bond donors (Lipinski definition) is 2. The summed E-state index contributed by atoms with van der Waals surface area (Å²) in [6.45, 7) is 7.17. The molecule has 1 aliphatic heterocycles. The van der Waals surface area contributed by atoms with Gasteiger partial charge >= 0.3 is 0 Å². The maximum Gasteiger partial charge on any atom is 0.282 e. The van der Waals surface area contributed by atoms with E-state index in [-0.39, 0.29) is 20.7 Å². The number of benzene rings is 2. The van der Waals surface area contributed by atoms with Gasteiger partial charge in [0, 0.05) is 46.6 Å². The highest BCUT2D eigenvalue weighted by molar-refractivity contribution is 7.17. The molecule has 210 valence electrons. The van der Waals surface area contributed by atoms with Crippen molar-refractivity contribution in [2.24, 2.45) is 5.73 Å². The summed E-state index contributed by atoms with van der Waals surface area (Å²) in [5.41, 5.74) is 8.61. The molecule has 4 rings (SSSR count). The third kappa shape index (κ3) is 8.93. The second kappa shape index (κ2) is 16.5. The predicted molar refractivity (Wildman–Crippen MR) is 161 cm³/mol. The fraction of sp³-hybridized carbons (Fsp3) is 0.414. The Morgan fingerprint density at radius 2 is 1.58 bits per heavy atom. The minimum absolute atomic E-state index is 0. The summed E-state index contributed by atoms with van der Waals surface area (Å²) in [6.07, 6.45) is 0.580. The van der Waals surface area contributed by atoms with Crippen molar-refractivity contribution in [1.82, 2.24) is 20.1 Å². The van der Waals surface area contributed by atoms with Gasteiger partial charge in [-0.25, -0.2) is 4.98 Å². The summed E-state index contributed by atoms with van der Waals surface area (Å²) in [4.78, 5) is 33.2. The largest absolute Gasteiger partial charge is 0.497 e. The molecule has 0 aliphatic carbocycles. The first-order valence-corrected chi connectivity index (χ1v) is 13.2. The number of carbonyl (C=O) groups excluding carboxylic acids is 2. The predicted octanol–water partition coefficient (Wildman–Crippen LogP) is 4.78. The van der Waals surface area contributed by atoms with Crippen LogP contribution in [-0.2, 0) is 4.79 Å². The van der Waals surface area contributed by atoms with Crippen LogP contribution < -0.4 is 15.8 Å². The maximum absolute atomic E-state index is 13.1. The average Bonchev–Trinajstić information content (AvgIpc) is 3.40. The summed E-state index contributed by atoms with van der Waals surface area (Å²) in [5.74, 6) is 0.917. The van der Waals surface area contributed by atoms with Crippen LogP contribution in [0.3, 0.4) is 0 Å². The number of nitrogens with one attached hydrogen (secondary N) is 1. The lowest BCUT2D eigenvalue weighted by atomic mass is 10.1. The van der Waals surface area contributed by atoms with E-state index in [0.717, 1.165) is 53.6 Å². The van der Waals surface area contributed by atoms with Crippen LogP contribution in [0.15, 0.2) is 48.5 Å². The fourth-order valence-electron chi connectivity index (χ4n) is 3.58. The zero-order valence-corrected chi connectivity index (χ0v) is 23.5. The number of rotatable bonds is 5. The first kappa shape index (κ1) is 32.8. The molecule has 1 fully saturated rings. The van der Waals surface area contributed by atoms with Crippen LogP contribution in [0.25, 0.3) is 21.7 Å². The molecule has 2 heterocycles. The quantitative estimate of drug-likeness (QED) is 0.479. The standard InChI is InChI=1S/C23H25N3O2S.C4H9NO.CH5N.CH4.H2/c1-16-4-6-18(7-5-16)21-20(17-8-10-19(28-3)11-9-17)24-22(29-21)23(27)26-14-12-25(2)13-15-26;1-3-4(6)5-2;1-2;;/h4-11H,12-15H2,1-3H3;3H2,1-2H3,(H,5,6);2H2,1H3;1H4;1H/i;;;;1+1. The lowest BCUT2D eigenvalue weighted by Crippen LogP contribution is -2.47. The van der Waals surface area contributed by atoms with E-state index >= 15 is 0 Å². The van der Waals surface area contributed by atoms with E-state index in [2.05, 4.69) is 54.2 Å². The summed E-state index contributed by atoms with van der Waals surface area (Å²) in [5, 5.41) is 3.03. The van der Waals surface area contributed by atoms with Crippen LogP contribution in [0.1, 0.15) is 37.6 Å². The molecular weight excluding hydrogens is 498 g/mol. The van der Waals surface area contributed by atoms with Crippen molar-refractivity contribution in [3.8, 4) is 27.4 Å². The molecule has 0 atom stereocenters. The molecule has 0 saturated carbocycles. The molecule has 3 aromatic rings. The SMILES string of the molecule is C.CCC(=O)NC.CN.COc1ccc(-c2nc(C(=O)N3CCN(C)CC3)sc2-c2ccc(C)cc2)cc1.[2HH]. The second-order valence-electron chi connectivity index (χ2n) is 8.41. The van der Waals surface area contributed by atoms with E-state index in [1.807, 2.05) is 36.1 Å². The molecule has 0 unspecified atom stereocenters. The number of nitrogens with two attached hydrogens (primary N) is 1. The number of nitrogens with zero attached hydrogens (tertiary/aromatic N) is 3. The molecular formula is C29H45N5O3S. The van der Waals surface area contributed by atoms with Crippen LogP contribution in [0, 0.1) is 6.92 Å². The van der Waals surface area contributed by atoms with E-state index in [0.29, 0.717) is 11.4 Å². The Kier molecular flexibility index (Phi) is 14.3. The Labute approximate surface area is 233 Å². The summed E-state index contributed by atoms with van der Waals surface area (Å²) in [6, 6.07) is 16.2. The van der Waals surface area contributed by atoms with E-state index in [1.54, 1.807) is 14.2 Å². The molecule has 9 heteroatoms. The number of likely N-dealkylation sites (N-methyl/N-ethyl adjacent to an activating group) is 1. The van der Waals surface area contributed by atoms with Crippen molar-refractivity contribution in [2.45, 2.75) is 27.7 Å². The third-order valence-electron chi connectivity index (χ3n) is 5.88. The second-order valence-corrected chi connectivity index (χ2v) is 9.41. The van der Waals surface area contributed by atoms with Gasteiger partial charge in [0.15, 0.2) is 5.01 Å². The highest BCUT2D eigenvalue weighted by Crippen LogP contribution is 2.38. The topological polar surface area (TPSA) is 101 Å². The number of aromatic nitrogens is 1. The van der Waals surface area contributed by atoms with Crippen LogP contribution in [0.5, 0.6) is 5.75 Å². The minimum atomic E-state index is 0. The zero-order valence-electron chi connectivity index (χ0n) is 22.7. The number of ether oxygens (including phenoxy) is 1. The minimum Gasteiger partial charge on any atom is -0.497 e. The van der Waals surface area contributed by atoms with Crippen molar-refractivity contribution in [1.29, 1.82) is 0 Å². The Morgan fingerprint density at radius 3 is 2.05 bits per heavy atom. The number of methoxy groups -OCH3 is 1. The first-order valence-electron chi connectivity index (χ1n) is 12.3. The van der Waals surface area contributed by atoms with E-state index in [4.69, 9.17) is 9.72 Å². The van der Waals surface area contributed by atoms with Gasteiger partial charge in [-0.05, 0) is 50.8 Å². The lowest BCUT2D eigenvalue weighted by Gasteiger charge is -2.31. The highest BCUT2D eigenvalue weighted by Gasteiger charge is 2.25. The average molecular weight is 545 g/mol.